The van der Waals surface area contributed by atoms with Crippen molar-refractivity contribution in [2.24, 2.45) is 0 Å². The van der Waals surface area contributed by atoms with E-state index in [0.29, 0.717) is 43.3 Å². The molecule has 3 aromatic rings. The van der Waals surface area contributed by atoms with E-state index in [1.807, 2.05) is 11.0 Å². The van der Waals surface area contributed by atoms with E-state index in [2.05, 4.69) is 19.9 Å². The van der Waals surface area contributed by atoms with Crippen LogP contribution in [-0.2, 0) is 10.2 Å². The summed E-state index contributed by atoms with van der Waals surface area (Å²) in [5.41, 5.74) is -0.905. The van der Waals surface area contributed by atoms with Crippen LogP contribution in [0.3, 0.4) is 0 Å². The highest BCUT2D eigenvalue weighted by Crippen LogP contribution is 2.41. The van der Waals surface area contributed by atoms with Crippen LogP contribution in [-0.4, -0.2) is 52.4 Å². The van der Waals surface area contributed by atoms with Gasteiger partial charge in [-0.3, -0.25) is 0 Å². The first-order valence-corrected chi connectivity index (χ1v) is 8.99. The fourth-order valence-electron chi connectivity index (χ4n) is 3.13. The van der Waals surface area contributed by atoms with Gasteiger partial charge in [-0.15, -0.1) is 0 Å². The number of hydrogen-bond donors (Lipinski definition) is 1. The van der Waals surface area contributed by atoms with E-state index < -0.39 is 11.6 Å². The lowest BCUT2D eigenvalue weighted by Crippen LogP contribution is -2.39. The van der Waals surface area contributed by atoms with Gasteiger partial charge in [-0.25, -0.2) is 15.0 Å². The molecule has 6 nitrogen and oxygen atoms in total. The van der Waals surface area contributed by atoms with Crippen molar-refractivity contribution < 1.29 is 17.9 Å². The normalized spacial score (nSPS) is 16.0. The van der Waals surface area contributed by atoms with Crippen molar-refractivity contribution in [2.45, 2.75) is 25.4 Å². The van der Waals surface area contributed by atoms with Crippen LogP contribution in [0.15, 0.2) is 30.6 Å². The number of nitrogens with one attached hydrogen (secondary N) is 1. The van der Waals surface area contributed by atoms with E-state index in [-0.39, 0.29) is 11.5 Å². The summed E-state index contributed by atoms with van der Waals surface area (Å²) < 4.78 is 46.5. The lowest BCUT2D eigenvalue weighted by molar-refractivity contribution is -0.181. The summed E-state index contributed by atoms with van der Waals surface area (Å²) in [6, 6.07) is 4.98. The summed E-state index contributed by atoms with van der Waals surface area (Å²) in [6.07, 6.45) is -1.12. The van der Waals surface area contributed by atoms with Gasteiger partial charge in [-0.1, -0.05) is 0 Å². The van der Waals surface area contributed by atoms with Gasteiger partial charge in [-0.05, 0) is 26.0 Å². The SMILES string of the molecule is CC(C)(c1cc(N2CCOCC2)nc(-c2ccnc3[nH]ccc23)n1)C(F)(F)F. The summed E-state index contributed by atoms with van der Waals surface area (Å²) in [5, 5.41) is 0.761. The predicted molar refractivity (Wildman–Crippen MR) is 99.2 cm³/mol. The molecule has 3 aromatic heterocycles. The Morgan fingerprint density at radius 2 is 1.86 bits per heavy atom. The van der Waals surface area contributed by atoms with E-state index in [0.717, 1.165) is 19.2 Å². The minimum atomic E-state index is -4.44. The Kier molecular flexibility index (Phi) is 4.49. The zero-order chi connectivity index (χ0) is 19.9. The molecule has 0 bridgehead atoms. The highest BCUT2D eigenvalue weighted by molar-refractivity contribution is 5.91. The summed E-state index contributed by atoms with van der Waals surface area (Å²) >= 11 is 0. The number of anilines is 1. The van der Waals surface area contributed by atoms with Crippen molar-refractivity contribution in [3.8, 4) is 11.4 Å². The van der Waals surface area contributed by atoms with Crippen LogP contribution in [0.2, 0.25) is 0 Å². The van der Waals surface area contributed by atoms with E-state index in [9.17, 15) is 13.2 Å². The molecule has 148 valence electrons. The third-order valence-corrected chi connectivity index (χ3v) is 5.10. The summed E-state index contributed by atoms with van der Waals surface area (Å²) in [7, 11) is 0. The quantitative estimate of drug-likeness (QED) is 0.738. The Bertz CT molecular complexity index is 993. The maximum atomic E-state index is 13.7. The van der Waals surface area contributed by atoms with Crippen molar-refractivity contribution in [1.29, 1.82) is 0 Å². The molecule has 0 spiro atoms. The van der Waals surface area contributed by atoms with Crippen LogP contribution in [0.1, 0.15) is 19.5 Å². The van der Waals surface area contributed by atoms with Gasteiger partial charge >= 0.3 is 6.18 Å². The van der Waals surface area contributed by atoms with Crippen molar-refractivity contribution in [2.75, 3.05) is 31.2 Å². The molecular formula is C19H20F3N5O. The zero-order valence-corrected chi connectivity index (χ0v) is 15.5. The first-order valence-electron chi connectivity index (χ1n) is 8.99. The molecule has 1 aliphatic heterocycles. The molecule has 4 rings (SSSR count). The standard InChI is InChI=1S/C19H20F3N5O/c1-18(2,19(20,21)22)14-11-15(27-7-9-28-10-8-27)26-17(25-14)13-4-6-24-16-12(13)3-5-23-16/h3-6,11H,7-10H2,1-2H3,(H,23,24). The molecule has 0 atom stereocenters. The molecule has 9 heteroatoms. The van der Waals surface area contributed by atoms with Gasteiger partial charge < -0.3 is 14.6 Å². The number of aromatic amines is 1. The lowest BCUT2D eigenvalue weighted by Gasteiger charge is -2.31. The van der Waals surface area contributed by atoms with E-state index in [1.54, 1.807) is 18.5 Å². The molecule has 0 amide bonds. The van der Waals surface area contributed by atoms with Gasteiger partial charge in [-0.2, -0.15) is 13.2 Å². The highest BCUT2D eigenvalue weighted by atomic mass is 19.4. The van der Waals surface area contributed by atoms with Crippen molar-refractivity contribution >= 4 is 16.9 Å². The maximum absolute atomic E-state index is 13.7. The number of alkyl halides is 3. The Balaban J connectivity index is 1.90. The molecule has 1 saturated heterocycles. The molecule has 0 aromatic carbocycles. The minimum Gasteiger partial charge on any atom is -0.378 e. The van der Waals surface area contributed by atoms with Crippen LogP contribution in [0.4, 0.5) is 19.0 Å². The van der Waals surface area contributed by atoms with Crippen molar-refractivity contribution in [1.82, 2.24) is 19.9 Å². The first-order chi connectivity index (χ1) is 13.3. The molecule has 28 heavy (non-hydrogen) atoms. The topological polar surface area (TPSA) is 66.9 Å². The predicted octanol–water partition coefficient (Wildman–Crippen LogP) is 3.70. The second kappa shape index (κ2) is 6.73. The number of aromatic nitrogens is 4. The summed E-state index contributed by atoms with van der Waals surface area (Å²) in [6.45, 7) is 4.43. The molecule has 0 unspecified atom stereocenters. The molecule has 0 radical (unpaired) electrons. The number of fused-ring (bicyclic) bond motifs is 1. The molecule has 1 fully saturated rings. The maximum Gasteiger partial charge on any atom is 0.399 e. The molecule has 0 saturated carbocycles. The van der Waals surface area contributed by atoms with Gasteiger partial charge in [0.1, 0.15) is 16.9 Å². The Morgan fingerprint density at radius 1 is 1.11 bits per heavy atom. The third-order valence-electron chi connectivity index (χ3n) is 5.10. The van der Waals surface area contributed by atoms with Crippen LogP contribution in [0.5, 0.6) is 0 Å². The van der Waals surface area contributed by atoms with E-state index in [4.69, 9.17) is 4.74 Å². The van der Waals surface area contributed by atoms with Crippen molar-refractivity contribution in [3.05, 3.63) is 36.3 Å². The number of rotatable bonds is 3. The number of halogens is 3. The highest BCUT2D eigenvalue weighted by Gasteiger charge is 2.50. The fraction of sp³-hybridized carbons (Fsp3) is 0.421. The van der Waals surface area contributed by atoms with Gasteiger partial charge in [0.15, 0.2) is 5.82 Å². The molecule has 0 aliphatic carbocycles. The number of nitrogens with zero attached hydrogens (tertiary/aromatic N) is 4. The summed E-state index contributed by atoms with van der Waals surface area (Å²) in [4.78, 5) is 18.1. The number of pyridine rings is 1. The number of morpholine rings is 1. The molecule has 1 N–H and O–H groups in total. The lowest BCUT2D eigenvalue weighted by atomic mass is 9.88. The number of H-pyrrole nitrogens is 1. The van der Waals surface area contributed by atoms with E-state index in [1.165, 1.54) is 6.07 Å². The Labute approximate surface area is 159 Å². The van der Waals surface area contributed by atoms with Gasteiger partial charge in [0.25, 0.3) is 0 Å². The summed E-state index contributed by atoms with van der Waals surface area (Å²) in [5.74, 6) is 0.726. The second-order valence-corrected chi connectivity index (χ2v) is 7.26. The van der Waals surface area contributed by atoms with E-state index >= 15 is 0 Å². The molecular weight excluding hydrogens is 371 g/mol. The average molecular weight is 391 g/mol. The average Bonchev–Trinajstić information content (AvgIpc) is 3.16. The van der Waals surface area contributed by atoms with Gasteiger partial charge in [0, 0.05) is 42.5 Å². The smallest absolute Gasteiger partial charge is 0.378 e. The monoisotopic (exact) mass is 391 g/mol. The number of ether oxygens (including phenoxy) is 1. The van der Waals surface area contributed by atoms with Gasteiger partial charge in [0.05, 0.1) is 18.9 Å². The Hall–Kier alpha value is -2.68. The first kappa shape index (κ1) is 18.7. The number of hydrogen-bond acceptors (Lipinski definition) is 5. The minimum absolute atomic E-state index is 0.0630. The van der Waals surface area contributed by atoms with Crippen molar-refractivity contribution in [3.63, 3.8) is 0 Å². The van der Waals surface area contributed by atoms with Crippen LogP contribution < -0.4 is 4.90 Å². The van der Waals surface area contributed by atoms with Crippen LogP contribution in [0.25, 0.3) is 22.4 Å². The van der Waals surface area contributed by atoms with Crippen LogP contribution in [0, 0.1) is 0 Å². The molecule has 1 aliphatic rings. The largest absolute Gasteiger partial charge is 0.399 e. The second-order valence-electron chi connectivity index (χ2n) is 7.26. The zero-order valence-electron chi connectivity index (χ0n) is 15.5. The fourth-order valence-corrected chi connectivity index (χ4v) is 3.13. The third kappa shape index (κ3) is 3.19. The van der Waals surface area contributed by atoms with Gasteiger partial charge in [0.2, 0.25) is 0 Å². The van der Waals surface area contributed by atoms with Crippen LogP contribution >= 0.6 is 0 Å². The molecule has 4 heterocycles. The Morgan fingerprint density at radius 3 is 2.57 bits per heavy atom.